The molecule has 0 radical (unpaired) electrons. The Morgan fingerprint density at radius 3 is 2.47 bits per heavy atom. The van der Waals surface area contributed by atoms with Crippen molar-refractivity contribution in [2.45, 2.75) is 39.7 Å². The van der Waals surface area contributed by atoms with E-state index in [9.17, 15) is 4.79 Å². The highest BCUT2D eigenvalue weighted by Crippen LogP contribution is 2.29. The summed E-state index contributed by atoms with van der Waals surface area (Å²) in [6.45, 7) is 9.97. The maximum absolute atomic E-state index is 11.5. The first kappa shape index (κ1) is 14.5. The smallest absolute Gasteiger partial charge is 0.234 e. The summed E-state index contributed by atoms with van der Waals surface area (Å²) >= 11 is 0. The van der Waals surface area contributed by atoms with Gasteiger partial charge in [0.25, 0.3) is 0 Å². The number of hydrogen-bond acceptors (Lipinski definition) is 3. The summed E-state index contributed by atoms with van der Waals surface area (Å²) < 4.78 is 0. The lowest BCUT2D eigenvalue weighted by molar-refractivity contribution is -0.120. The molecule has 0 aromatic carbocycles. The number of hydrogen-bond donors (Lipinski definition) is 2. The fourth-order valence-electron chi connectivity index (χ4n) is 2.19. The van der Waals surface area contributed by atoms with Crippen molar-refractivity contribution in [3.63, 3.8) is 0 Å². The van der Waals surface area contributed by atoms with E-state index < -0.39 is 0 Å². The third-order valence-corrected chi connectivity index (χ3v) is 3.48. The highest BCUT2D eigenvalue weighted by molar-refractivity contribution is 5.78. The molecule has 4 heteroatoms. The molecule has 0 atom stereocenters. The van der Waals surface area contributed by atoms with Crippen LogP contribution >= 0.6 is 0 Å². The second-order valence-electron chi connectivity index (χ2n) is 5.94. The number of nitrogens with one attached hydrogen (secondary N) is 2. The molecule has 100 valence electrons. The summed E-state index contributed by atoms with van der Waals surface area (Å²) in [7, 11) is 2.17. The largest absolute Gasteiger partial charge is 0.353 e. The standard InChI is InChI=1S/C13H27N3O/c1-11(2)15-12(17)9-14-10-13(3)5-7-16(4)8-6-13/h11,14H,5-10H2,1-4H3,(H,15,17). The Morgan fingerprint density at radius 2 is 1.94 bits per heavy atom. The second kappa shape index (κ2) is 6.36. The van der Waals surface area contributed by atoms with Gasteiger partial charge in [-0.2, -0.15) is 0 Å². The molecule has 0 aromatic rings. The molecular formula is C13H27N3O. The van der Waals surface area contributed by atoms with Crippen LogP contribution in [0.3, 0.4) is 0 Å². The van der Waals surface area contributed by atoms with Crippen molar-refractivity contribution in [2.75, 3.05) is 33.2 Å². The van der Waals surface area contributed by atoms with E-state index in [1.807, 2.05) is 13.8 Å². The molecule has 1 aliphatic rings. The fraction of sp³-hybridized carbons (Fsp3) is 0.923. The Bertz CT molecular complexity index is 245. The minimum atomic E-state index is 0.0940. The van der Waals surface area contributed by atoms with Gasteiger partial charge in [0.1, 0.15) is 0 Å². The Balaban J connectivity index is 2.19. The molecule has 4 nitrogen and oxygen atoms in total. The molecule has 1 heterocycles. The van der Waals surface area contributed by atoms with E-state index in [2.05, 4.69) is 29.5 Å². The summed E-state index contributed by atoms with van der Waals surface area (Å²) in [5.74, 6) is 0.0940. The maximum atomic E-state index is 11.5. The highest BCUT2D eigenvalue weighted by Gasteiger charge is 2.28. The van der Waals surface area contributed by atoms with E-state index in [1.54, 1.807) is 0 Å². The minimum Gasteiger partial charge on any atom is -0.353 e. The predicted molar refractivity (Wildman–Crippen MR) is 71.0 cm³/mol. The van der Waals surface area contributed by atoms with Crippen LogP contribution in [0.5, 0.6) is 0 Å². The van der Waals surface area contributed by atoms with Crippen molar-refractivity contribution in [2.24, 2.45) is 5.41 Å². The average Bonchev–Trinajstić information content (AvgIpc) is 2.22. The fourth-order valence-corrected chi connectivity index (χ4v) is 2.19. The van der Waals surface area contributed by atoms with E-state index in [4.69, 9.17) is 0 Å². The van der Waals surface area contributed by atoms with Crippen LogP contribution in [0.15, 0.2) is 0 Å². The third-order valence-electron chi connectivity index (χ3n) is 3.48. The van der Waals surface area contributed by atoms with Crippen LogP contribution in [0, 0.1) is 5.41 Å². The van der Waals surface area contributed by atoms with Crippen molar-refractivity contribution in [3.05, 3.63) is 0 Å². The van der Waals surface area contributed by atoms with Gasteiger partial charge < -0.3 is 15.5 Å². The van der Waals surface area contributed by atoms with E-state index >= 15 is 0 Å². The van der Waals surface area contributed by atoms with Gasteiger partial charge in [0.2, 0.25) is 5.91 Å². The molecule has 1 amide bonds. The zero-order chi connectivity index (χ0) is 12.9. The lowest BCUT2D eigenvalue weighted by Crippen LogP contribution is -2.45. The lowest BCUT2D eigenvalue weighted by atomic mass is 9.80. The number of likely N-dealkylation sites (tertiary alicyclic amines) is 1. The molecule has 0 spiro atoms. The molecule has 0 bridgehead atoms. The monoisotopic (exact) mass is 241 g/mol. The van der Waals surface area contributed by atoms with Gasteiger partial charge in [-0.25, -0.2) is 0 Å². The van der Waals surface area contributed by atoms with E-state index in [1.165, 1.54) is 12.8 Å². The SMILES string of the molecule is CC(C)NC(=O)CNCC1(C)CCN(C)CC1. The van der Waals surface area contributed by atoms with Crippen LogP contribution in [0.25, 0.3) is 0 Å². The number of carbonyl (C=O) groups is 1. The van der Waals surface area contributed by atoms with Crippen LogP contribution in [-0.2, 0) is 4.79 Å². The van der Waals surface area contributed by atoms with Crippen molar-refractivity contribution < 1.29 is 4.79 Å². The van der Waals surface area contributed by atoms with Crippen LogP contribution in [0.4, 0.5) is 0 Å². The summed E-state index contributed by atoms with van der Waals surface area (Å²) in [6, 6.07) is 0.225. The van der Waals surface area contributed by atoms with Crippen LogP contribution in [-0.4, -0.2) is 50.1 Å². The number of rotatable bonds is 5. The van der Waals surface area contributed by atoms with Gasteiger partial charge in [-0.05, 0) is 52.2 Å². The normalized spacial score (nSPS) is 20.5. The molecule has 2 N–H and O–H groups in total. The number of amides is 1. The van der Waals surface area contributed by atoms with Crippen molar-refractivity contribution in [3.8, 4) is 0 Å². The Hall–Kier alpha value is -0.610. The van der Waals surface area contributed by atoms with Crippen LogP contribution in [0.2, 0.25) is 0 Å². The number of nitrogens with zero attached hydrogens (tertiary/aromatic N) is 1. The topological polar surface area (TPSA) is 44.4 Å². The molecule has 1 fully saturated rings. The maximum Gasteiger partial charge on any atom is 0.234 e. The average molecular weight is 241 g/mol. The first-order valence-electron chi connectivity index (χ1n) is 6.60. The molecule has 0 aliphatic carbocycles. The Morgan fingerprint density at radius 1 is 1.35 bits per heavy atom. The number of piperidine rings is 1. The van der Waals surface area contributed by atoms with Gasteiger partial charge in [-0.15, -0.1) is 0 Å². The molecule has 0 unspecified atom stereocenters. The van der Waals surface area contributed by atoms with Crippen LogP contribution < -0.4 is 10.6 Å². The zero-order valence-corrected chi connectivity index (χ0v) is 11.7. The summed E-state index contributed by atoms with van der Waals surface area (Å²) in [5.41, 5.74) is 0.352. The molecule has 1 aliphatic heterocycles. The lowest BCUT2D eigenvalue weighted by Gasteiger charge is -2.38. The van der Waals surface area contributed by atoms with Gasteiger partial charge in [0.15, 0.2) is 0 Å². The van der Waals surface area contributed by atoms with Crippen molar-refractivity contribution in [1.29, 1.82) is 0 Å². The van der Waals surface area contributed by atoms with Gasteiger partial charge in [-0.1, -0.05) is 6.92 Å². The summed E-state index contributed by atoms with van der Waals surface area (Å²) in [4.78, 5) is 13.8. The van der Waals surface area contributed by atoms with Gasteiger partial charge >= 0.3 is 0 Å². The molecular weight excluding hydrogens is 214 g/mol. The second-order valence-corrected chi connectivity index (χ2v) is 5.94. The first-order chi connectivity index (χ1) is 7.91. The van der Waals surface area contributed by atoms with Crippen LogP contribution in [0.1, 0.15) is 33.6 Å². The summed E-state index contributed by atoms with van der Waals surface area (Å²) in [5, 5.41) is 6.18. The third kappa shape index (κ3) is 5.50. The molecule has 0 aromatic heterocycles. The molecule has 1 rings (SSSR count). The predicted octanol–water partition coefficient (Wildman–Crippen LogP) is 0.833. The van der Waals surface area contributed by atoms with Crippen molar-refractivity contribution >= 4 is 5.91 Å². The zero-order valence-electron chi connectivity index (χ0n) is 11.7. The Kier molecular flexibility index (Phi) is 5.40. The highest BCUT2D eigenvalue weighted by atomic mass is 16.1. The molecule has 17 heavy (non-hydrogen) atoms. The minimum absolute atomic E-state index is 0.0940. The van der Waals surface area contributed by atoms with E-state index in [-0.39, 0.29) is 11.9 Å². The quantitative estimate of drug-likeness (QED) is 0.749. The Labute approximate surface area is 105 Å². The summed E-state index contributed by atoms with van der Waals surface area (Å²) in [6.07, 6.45) is 2.42. The van der Waals surface area contributed by atoms with Gasteiger partial charge in [0.05, 0.1) is 6.54 Å². The number of carbonyl (C=O) groups excluding carboxylic acids is 1. The first-order valence-corrected chi connectivity index (χ1v) is 6.60. The van der Waals surface area contributed by atoms with Gasteiger partial charge in [0, 0.05) is 12.6 Å². The molecule has 0 saturated carbocycles. The van der Waals surface area contributed by atoms with E-state index in [0.717, 1.165) is 19.6 Å². The molecule has 1 saturated heterocycles. The van der Waals surface area contributed by atoms with E-state index in [0.29, 0.717) is 12.0 Å². The van der Waals surface area contributed by atoms with Gasteiger partial charge in [-0.3, -0.25) is 4.79 Å². The van der Waals surface area contributed by atoms with Crippen molar-refractivity contribution in [1.82, 2.24) is 15.5 Å².